The molecule has 6 heteroatoms. The predicted octanol–water partition coefficient (Wildman–Crippen LogP) is 3.43. The smallest absolute Gasteiger partial charge is 0.231 e. The fourth-order valence-corrected chi connectivity index (χ4v) is 3.73. The number of nitrogens with one attached hydrogen (secondary N) is 1. The number of benzene rings is 1. The lowest BCUT2D eigenvalue weighted by Crippen LogP contribution is -2.26. The fraction of sp³-hybridized carbons (Fsp3) is 0.400. The molecule has 0 aliphatic carbocycles. The second-order valence-corrected chi connectivity index (χ2v) is 6.05. The standard InChI is InChI=1S/C15H16N2O2S.ClH/c1-2-13-14(19-9-18-13)7-11(1)12-8-20-15(17-12)10-3-5-16-6-4-10;/h1-2,7-8,10,16H,3-6,9H2;1H. The molecule has 0 amide bonds. The fourth-order valence-electron chi connectivity index (χ4n) is 2.73. The van der Waals surface area contributed by atoms with Gasteiger partial charge >= 0.3 is 0 Å². The Kier molecular flexibility index (Phi) is 4.33. The topological polar surface area (TPSA) is 43.4 Å². The molecule has 0 unspecified atom stereocenters. The summed E-state index contributed by atoms with van der Waals surface area (Å²) in [6, 6.07) is 6.03. The number of hydrogen-bond acceptors (Lipinski definition) is 5. The van der Waals surface area contributed by atoms with Crippen molar-refractivity contribution in [3.8, 4) is 22.8 Å². The Bertz CT molecular complexity index is 626. The van der Waals surface area contributed by atoms with Crippen molar-refractivity contribution in [2.45, 2.75) is 18.8 Å². The van der Waals surface area contributed by atoms with Gasteiger partial charge in [-0.1, -0.05) is 0 Å². The quantitative estimate of drug-likeness (QED) is 0.919. The highest BCUT2D eigenvalue weighted by atomic mass is 35.5. The third-order valence-electron chi connectivity index (χ3n) is 3.88. The number of nitrogens with zero attached hydrogens (tertiary/aromatic N) is 1. The van der Waals surface area contributed by atoms with Crippen molar-refractivity contribution in [2.75, 3.05) is 19.9 Å². The zero-order chi connectivity index (χ0) is 13.4. The van der Waals surface area contributed by atoms with Crippen molar-refractivity contribution < 1.29 is 9.47 Å². The SMILES string of the molecule is Cl.c1cc2c(cc1-c1csc(C3CCNCC3)n1)OCO2. The second-order valence-electron chi connectivity index (χ2n) is 5.16. The summed E-state index contributed by atoms with van der Waals surface area (Å²) in [5.74, 6) is 2.26. The molecule has 1 fully saturated rings. The van der Waals surface area contributed by atoms with Crippen LogP contribution in [0.15, 0.2) is 23.6 Å². The Labute approximate surface area is 133 Å². The van der Waals surface area contributed by atoms with Crippen LogP contribution in [-0.4, -0.2) is 24.9 Å². The van der Waals surface area contributed by atoms with E-state index in [0.29, 0.717) is 12.7 Å². The van der Waals surface area contributed by atoms with Crippen LogP contribution >= 0.6 is 23.7 Å². The summed E-state index contributed by atoms with van der Waals surface area (Å²) in [7, 11) is 0. The van der Waals surface area contributed by atoms with E-state index in [1.807, 2.05) is 12.1 Å². The van der Waals surface area contributed by atoms with E-state index < -0.39 is 0 Å². The van der Waals surface area contributed by atoms with Crippen molar-refractivity contribution in [1.29, 1.82) is 0 Å². The molecule has 4 nitrogen and oxygen atoms in total. The average molecular weight is 325 g/mol. The summed E-state index contributed by atoms with van der Waals surface area (Å²) < 4.78 is 10.8. The molecule has 2 aliphatic heterocycles. The molecular formula is C15H17ClN2O2S. The molecule has 1 saturated heterocycles. The summed E-state index contributed by atoms with van der Waals surface area (Å²) in [5.41, 5.74) is 2.15. The van der Waals surface area contributed by atoms with Gasteiger partial charge in [-0.25, -0.2) is 4.98 Å². The van der Waals surface area contributed by atoms with Crippen LogP contribution in [0.5, 0.6) is 11.5 Å². The van der Waals surface area contributed by atoms with Crippen LogP contribution in [0, 0.1) is 0 Å². The van der Waals surface area contributed by atoms with Gasteiger partial charge in [0, 0.05) is 16.9 Å². The number of ether oxygens (including phenoxy) is 2. The number of hydrogen-bond donors (Lipinski definition) is 1. The molecule has 3 heterocycles. The van der Waals surface area contributed by atoms with Crippen LogP contribution < -0.4 is 14.8 Å². The summed E-state index contributed by atoms with van der Waals surface area (Å²) >= 11 is 1.77. The molecular weight excluding hydrogens is 308 g/mol. The Morgan fingerprint density at radius 2 is 1.95 bits per heavy atom. The van der Waals surface area contributed by atoms with Gasteiger partial charge in [-0.15, -0.1) is 23.7 Å². The molecule has 0 bridgehead atoms. The van der Waals surface area contributed by atoms with E-state index in [1.165, 1.54) is 17.8 Å². The first-order valence-electron chi connectivity index (χ1n) is 6.96. The zero-order valence-corrected chi connectivity index (χ0v) is 13.1. The molecule has 1 aromatic heterocycles. The maximum atomic E-state index is 5.43. The Morgan fingerprint density at radius 1 is 1.14 bits per heavy atom. The first-order valence-corrected chi connectivity index (χ1v) is 7.84. The lowest BCUT2D eigenvalue weighted by atomic mass is 9.99. The highest BCUT2D eigenvalue weighted by Crippen LogP contribution is 2.37. The predicted molar refractivity (Wildman–Crippen MR) is 85.8 cm³/mol. The summed E-state index contributed by atoms with van der Waals surface area (Å²) in [5, 5.41) is 6.81. The number of fused-ring (bicyclic) bond motifs is 1. The van der Waals surface area contributed by atoms with Crippen molar-refractivity contribution in [3.05, 3.63) is 28.6 Å². The van der Waals surface area contributed by atoms with E-state index in [-0.39, 0.29) is 12.4 Å². The third kappa shape index (κ3) is 2.86. The lowest BCUT2D eigenvalue weighted by molar-refractivity contribution is 0.174. The van der Waals surface area contributed by atoms with Crippen molar-refractivity contribution >= 4 is 23.7 Å². The number of aromatic nitrogens is 1. The first kappa shape index (κ1) is 14.6. The second kappa shape index (κ2) is 6.22. The minimum atomic E-state index is 0. The van der Waals surface area contributed by atoms with Gasteiger partial charge in [-0.2, -0.15) is 0 Å². The zero-order valence-electron chi connectivity index (χ0n) is 11.5. The van der Waals surface area contributed by atoms with Crippen LogP contribution in [0.4, 0.5) is 0 Å². The van der Waals surface area contributed by atoms with E-state index in [4.69, 9.17) is 14.5 Å². The molecule has 21 heavy (non-hydrogen) atoms. The molecule has 0 radical (unpaired) electrons. The van der Waals surface area contributed by atoms with Crippen molar-refractivity contribution in [3.63, 3.8) is 0 Å². The van der Waals surface area contributed by atoms with Crippen LogP contribution in [0.3, 0.4) is 0 Å². The number of piperidine rings is 1. The normalized spacial score (nSPS) is 17.5. The van der Waals surface area contributed by atoms with Crippen LogP contribution in [0.2, 0.25) is 0 Å². The minimum absolute atomic E-state index is 0. The van der Waals surface area contributed by atoms with E-state index in [1.54, 1.807) is 11.3 Å². The van der Waals surface area contributed by atoms with E-state index >= 15 is 0 Å². The highest BCUT2D eigenvalue weighted by Gasteiger charge is 2.20. The number of thiazole rings is 1. The maximum absolute atomic E-state index is 5.43. The summed E-state index contributed by atoms with van der Waals surface area (Å²) in [6.45, 7) is 2.52. The highest BCUT2D eigenvalue weighted by molar-refractivity contribution is 7.10. The first-order chi connectivity index (χ1) is 9.90. The van der Waals surface area contributed by atoms with Gasteiger partial charge in [0.15, 0.2) is 11.5 Å². The Balaban J connectivity index is 0.00000132. The molecule has 1 N–H and O–H groups in total. The maximum Gasteiger partial charge on any atom is 0.231 e. The van der Waals surface area contributed by atoms with Crippen LogP contribution in [0.1, 0.15) is 23.8 Å². The monoisotopic (exact) mass is 324 g/mol. The Morgan fingerprint density at radius 3 is 2.81 bits per heavy atom. The lowest BCUT2D eigenvalue weighted by Gasteiger charge is -2.20. The van der Waals surface area contributed by atoms with Crippen molar-refractivity contribution in [1.82, 2.24) is 10.3 Å². The minimum Gasteiger partial charge on any atom is -0.454 e. The molecule has 2 aromatic rings. The van der Waals surface area contributed by atoms with E-state index in [9.17, 15) is 0 Å². The molecule has 0 atom stereocenters. The van der Waals surface area contributed by atoms with Gasteiger partial charge in [-0.3, -0.25) is 0 Å². The van der Waals surface area contributed by atoms with Crippen LogP contribution in [-0.2, 0) is 0 Å². The van der Waals surface area contributed by atoms with Gasteiger partial charge in [-0.05, 0) is 44.1 Å². The van der Waals surface area contributed by atoms with Crippen LogP contribution in [0.25, 0.3) is 11.3 Å². The van der Waals surface area contributed by atoms with Gasteiger partial charge in [0.05, 0.1) is 10.7 Å². The van der Waals surface area contributed by atoms with Gasteiger partial charge in [0.2, 0.25) is 6.79 Å². The third-order valence-corrected chi connectivity index (χ3v) is 4.89. The molecule has 4 rings (SSSR count). The van der Waals surface area contributed by atoms with E-state index in [0.717, 1.165) is 35.8 Å². The molecule has 112 valence electrons. The van der Waals surface area contributed by atoms with Gasteiger partial charge in [0.1, 0.15) is 0 Å². The largest absolute Gasteiger partial charge is 0.454 e. The van der Waals surface area contributed by atoms with Crippen molar-refractivity contribution in [2.24, 2.45) is 0 Å². The van der Waals surface area contributed by atoms with Gasteiger partial charge < -0.3 is 14.8 Å². The molecule has 0 saturated carbocycles. The number of rotatable bonds is 2. The van der Waals surface area contributed by atoms with E-state index in [2.05, 4.69) is 16.8 Å². The number of halogens is 1. The summed E-state index contributed by atoms with van der Waals surface area (Å²) in [4.78, 5) is 4.82. The molecule has 2 aliphatic rings. The molecule has 1 aromatic carbocycles. The van der Waals surface area contributed by atoms with Gasteiger partial charge in [0.25, 0.3) is 0 Å². The average Bonchev–Trinajstić information content (AvgIpc) is 3.16. The Hall–Kier alpha value is -1.30. The summed E-state index contributed by atoms with van der Waals surface area (Å²) in [6.07, 6.45) is 2.38. The molecule has 0 spiro atoms.